The van der Waals surface area contributed by atoms with Crippen molar-refractivity contribution in [3.8, 4) is 0 Å². The van der Waals surface area contributed by atoms with Crippen molar-refractivity contribution in [3.05, 3.63) is 23.9 Å². The number of pyridine rings is 1. The third-order valence-corrected chi connectivity index (χ3v) is 2.96. The summed E-state index contributed by atoms with van der Waals surface area (Å²) in [5.74, 6) is 1.14. The zero-order valence-electron chi connectivity index (χ0n) is 8.86. The van der Waals surface area contributed by atoms with Crippen molar-refractivity contribution in [3.63, 3.8) is 0 Å². The smallest absolute Gasteiger partial charge is 0.0960 e. The Morgan fingerprint density at radius 1 is 1.50 bits per heavy atom. The van der Waals surface area contributed by atoms with Crippen LogP contribution in [0.1, 0.15) is 25.8 Å². The molecule has 1 atom stereocenters. The SMILES string of the molecule is CCCSc1ccc(CC(C)N)cn1. The molecule has 2 N–H and O–H groups in total. The molecule has 0 radical (unpaired) electrons. The third kappa shape index (κ3) is 4.11. The maximum absolute atomic E-state index is 5.71. The molecular formula is C11H18N2S. The zero-order valence-corrected chi connectivity index (χ0v) is 9.68. The molecule has 0 amide bonds. The second-order valence-electron chi connectivity index (χ2n) is 3.53. The highest BCUT2D eigenvalue weighted by molar-refractivity contribution is 7.99. The molecule has 1 aromatic heterocycles. The van der Waals surface area contributed by atoms with E-state index >= 15 is 0 Å². The lowest BCUT2D eigenvalue weighted by Gasteiger charge is -2.05. The topological polar surface area (TPSA) is 38.9 Å². The van der Waals surface area contributed by atoms with E-state index in [2.05, 4.69) is 24.0 Å². The standard InChI is InChI=1S/C11H18N2S/c1-3-6-14-11-5-4-10(8-13-11)7-9(2)12/h4-5,8-9H,3,6-7,12H2,1-2H3. The van der Waals surface area contributed by atoms with Gasteiger partial charge in [0.2, 0.25) is 0 Å². The van der Waals surface area contributed by atoms with E-state index < -0.39 is 0 Å². The molecule has 0 aliphatic carbocycles. The number of nitrogens with zero attached hydrogens (tertiary/aromatic N) is 1. The Kier molecular flexibility index (Phi) is 4.98. The monoisotopic (exact) mass is 210 g/mol. The van der Waals surface area contributed by atoms with E-state index in [0.717, 1.165) is 17.2 Å². The maximum atomic E-state index is 5.71. The second-order valence-corrected chi connectivity index (χ2v) is 4.65. The van der Waals surface area contributed by atoms with Gasteiger partial charge >= 0.3 is 0 Å². The van der Waals surface area contributed by atoms with E-state index in [-0.39, 0.29) is 6.04 Å². The molecule has 0 aliphatic rings. The fraction of sp³-hybridized carbons (Fsp3) is 0.545. The molecule has 0 bridgehead atoms. The molecule has 0 aromatic carbocycles. The lowest BCUT2D eigenvalue weighted by atomic mass is 10.1. The summed E-state index contributed by atoms with van der Waals surface area (Å²) in [7, 11) is 0. The summed E-state index contributed by atoms with van der Waals surface area (Å²) in [4.78, 5) is 4.38. The summed E-state index contributed by atoms with van der Waals surface area (Å²) < 4.78 is 0. The lowest BCUT2D eigenvalue weighted by Crippen LogP contribution is -2.17. The Balaban J connectivity index is 2.50. The normalized spacial score (nSPS) is 12.8. The van der Waals surface area contributed by atoms with Crippen molar-refractivity contribution in [2.75, 3.05) is 5.75 Å². The van der Waals surface area contributed by atoms with Gasteiger partial charge in [-0.1, -0.05) is 13.0 Å². The third-order valence-electron chi connectivity index (χ3n) is 1.81. The van der Waals surface area contributed by atoms with E-state index in [1.54, 1.807) is 11.8 Å². The van der Waals surface area contributed by atoms with Crippen LogP contribution in [0.5, 0.6) is 0 Å². The number of thioether (sulfide) groups is 1. The van der Waals surface area contributed by atoms with Gasteiger partial charge < -0.3 is 5.73 Å². The van der Waals surface area contributed by atoms with Gasteiger partial charge in [0, 0.05) is 12.2 Å². The first-order valence-electron chi connectivity index (χ1n) is 5.05. The fourth-order valence-corrected chi connectivity index (χ4v) is 1.90. The van der Waals surface area contributed by atoms with Crippen LogP contribution in [0.2, 0.25) is 0 Å². The van der Waals surface area contributed by atoms with E-state index in [0.29, 0.717) is 0 Å². The first kappa shape index (κ1) is 11.5. The molecule has 0 saturated heterocycles. The molecule has 1 aromatic rings. The van der Waals surface area contributed by atoms with Gasteiger partial charge in [-0.15, -0.1) is 11.8 Å². The largest absolute Gasteiger partial charge is 0.328 e. The predicted molar refractivity (Wildman–Crippen MR) is 62.6 cm³/mol. The van der Waals surface area contributed by atoms with Gasteiger partial charge in [-0.05, 0) is 37.1 Å². The van der Waals surface area contributed by atoms with E-state index in [1.165, 1.54) is 12.0 Å². The molecule has 0 aliphatic heterocycles. The summed E-state index contributed by atoms with van der Waals surface area (Å²) in [5, 5.41) is 1.11. The molecular weight excluding hydrogens is 192 g/mol. The van der Waals surface area contributed by atoms with Crippen LogP contribution >= 0.6 is 11.8 Å². The van der Waals surface area contributed by atoms with Crippen LogP contribution < -0.4 is 5.73 Å². The van der Waals surface area contributed by atoms with Crippen molar-refractivity contribution >= 4 is 11.8 Å². The van der Waals surface area contributed by atoms with E-state index in [9.17, 15) is 0 Å². The molecule has 1 heterocycles. The Labute approximate surface area is 90.3 Å². The molecule has 2 nitrogen and oxygen atoms in total. The van der Waals surface area contributed by atoms with E-state index in [1.807, 2.05) is 13.1 Å². The zero-order chi connectivity index (χ0) is 10.4. The highest BCUT2D eigenvalue weighted by atomic mass is 32.2. The molecule has 0 saturated carbocycles. The number of rotatable bonds is 5. The summed E-state index contributed by atoms with van der Waals surface area (Å²) in [6.45, 7) is 4.19. The van der Waals surface area contributed by atoms with Crippen LogP contribution in [0.15, 0.2) is 23.4 Å². The summed E-state index contributed by atoms with van der Waals surface area (Å²) in [6, 6.07) is 4.41. The van der Waals surface area contributed by atoms with E-state index in [4.69, 9.17) is 5.73 Å². The van der Waals surface area contributed by atoms with Crippen LogP contribution in [0.25, 0.3) is 0 Å². The van der Waals surface area contributed by atoms with Gasteiger partial charge in [-0.3, -0.25) is 0 Å². The number of nitrogens with two attached hydrogens (primary N) is 1. The molecule has 0 fully saturated rings. The number of hydrogen-bond acceptors (Lipinski definition) is 3. The van der Waals surface area contributed by atoms with Crippen LogP contribution in [-0.4, -0.2) is 16.8 Å². The Hall–Kier alpha value is -0.540. The molecule has 1 rings (SSSR count). The Bertz CT molecular complexity index is 256. The minimum atomic E-state index is 0.214. The van der Waals surface area contributed by atoms with Crippen molar-refractivity contribution in [2.24, 2.45) is 5.73 Å². The first-order chi connectivity index (χ1) is 6.72. The van der Waals surface area contributed by atoms with Gasteiger partial charge in [0.05, 0.1) is 5.03 Å². The predicted octanol–water partition coefficient (Wildman–Crippen LogP) is 2.47. The Morgan fingerprint density at radius 3 is 2.79 bits per heavy atom. The van der Waals surface area contributed by atoms with Gasteiger partial charge in [0.1, 0.15) is 0 Å². The van der Waals surface area contributed by atoms with Crippen molar-refractivity contribution < 1.29 is 0 Å². The fourth-order valence-electron chi connectivity index (χ4n) is 1.20. The molecule has 1 unspecified atom stereocenters. The van der Waals surface area contributed by atoms with Crippen molar-refractivity contribution in [2.45, 2.75) is 37.8 Å². The minimum Gasteiger partial charge on any atom is -0.328 e. The van der Waals surface area contributed by atoms with Crippen LogP contribution in [0, 0.1) is 0 Å². The van der Waals surface area contributed by atoms with Crippen LogP contribution in [0.4, 0.5) is 0 Å². The molecule has 3 heteroatoms. The average molecular weight is 210 g/mol. The van der Waals surface area contributed by atoms with Crippen LogP contribution in [0.3, 0.4) is 0 Å². The van der Waals surface area contributed by atoms with Gasteiger partial charge in [0.15, 0.2) is 0 Å². The van der Waals surface area contributed by atoms with Crippen molar-refractivity contribution in [1.29, 1.82) is 0 Å². The second kappa shape index (κ2) is 6.04. The van der Waals surface area contributed by atoms with Crippen molar-refractivity contribution in [1.82, 2.24) is 4.98 Å². The number of aromatic nitrogens is 1. The average Bonchev–Trinajstić information content (AvgIpc) is 2.16. The lowest BCUT2D eigenvalue weighted by molar-refractivity contribution is 0.734. The summed E-state index contributed by atoms with van der Waals surface area (Å²) in [6.07, 6.45) is 4.03. The van der Waals surface area contributed by atoms with Gasteiger partial charge in [-0.2, -0.15) is 0 Å². The quantitative estimate of drug-likeness (QED) is 0.759. The molecule has 78 valence electrons. The maximum Gasteiger partial charge on any atom is 0.0960 e. The highest BCUT2D eigenvalue weighted by Crippen LogP contribution is 2.16. The summed E-state index contributed by atoms with van der Waals surface area (Å²) >= 11 is 1.81. The molecule has 14 heavy (non-hydrogen) atoms. The Morgan fingerprint density at radius 2 is 2.29 bits per heavy atom. The van der Waals surface area contributed by atoms with Gasteiger partial charge in [0.25, 0.3) is 0 Å². The first-order valence-corrected chi connectivity index (χ1v) is 6.04. The summed E-state index contributed by atoms with van der Waals surface area (Å²) in [5.41, 5.74) is 6.93. The highest BCUT2D eigenvalue weighted by Gasteiger charge is 1.99. The minimum absolute atomic E-state index is 0.214. The van der Waals surface area contributed by atoms with Gasteiger partial charge in [-0.25, -0.2) is 4.98 Å². The molecule has 0 spiro atoms. The number of hydrogen-bond donors (Lipinski definition) is 1. The van der Waals surface area contributed by atoms with Crippen LogP contribution in [-0.2, 0) is 6.42 Å².